The monoisotopic (exact) mass is 334 g/mol. The van der Waals surface area contributed by atoms with Gasteiger partial charge >= 0.3 is 5.97 Å². The van der Waals surface area contributed by atoms with E-state index in [-0.39, 0.29) is 11.4 Å². The summed E-state index contributed by atoms with van der Waals surface area (Å²) in [6.45, 7) is -0.525. The summed E-state index contributed by atoms with van der Waals surface area (Å²) in [6.07, 6.45) is 1.50. The van der Waals surface area contributed by atoms with Crippen molar-refractivity contribution in [3.05, 3.63) is 35.5 Å². The molecule has 0 saturated heterocycles. The molecule has 0 spiro atoms. The maximum Gasteiger partial charge on any atom is 0.322 e. The molecule has 3 rings (SSSR count). The zero-order valence-corrected chi connectivity index (χ0v) is 12.7. The Kier molecular flexibility index (Phi) is 3.78. The van der Waals surface area contributed by atoms with E-state index in [0.29, 0.717) is 4.70 Å². The van der Waals surface area contributed by atoms with Gasteiger partial charge < -0.3 is 15.5 Å². The van der Waals surface area contributed by atoms with Crippen molar-refractivity contribution in [2.45, 2.75) is 0 Å². The molecule has 8 heteroatoms. The Labute approximate surface area is 132 Å². The highest BCUT2D eigenvalue weighted by Gasteiger charge is 2.18. The van der Waals surface area contributed by atoms with E-state index in [4.69, 9.17) is 5.11 Å². The summed E-state index contributed by atoms with van der Waals surface area (Å²) in [5.41, 5.74) is -0.173. The standard InChI is InChI=1S/C14H10N2O4S2/c17-10(18)6-16-14(20)11-12(19)13-7(5-15-11)4-9(22-13)8-2-1-3-21-8/h1-5,19H,6H2,(H,16,20)(H,17,18). The first-order chi connectivity index (χ1) is 10.6. The number of carboxylic acids is 1. The van der Waals surface area contributed by atoms with Crippen LogP contribution in [0.1, 0.15) is 10.5 Å². The Morgan fingerprint density at radius 1 is 1.32 bits per heavy atom. The molecule has 0 aliphatic rings. The topological polar surface area (TPSA) is 99.5 Å². The fourth-order valence-corrected chi connectivity index (χ4v) is 3.84. The third-order valence-electron chi connectivity index (χ3n) is 2.91. The van der Waals surface area contributed by atoms with Crippen molar-refractivity contribution in [2.75, 3.05) is 6.54 Å². The second-order valence-corrected chi connectivity index (χ2v) is 6.40. The van der Waals surface area contributed by atoms with E-state index in [1.54, 1.807) is 11.3 Å². The van der Waals surface area contributed by atoms with Crippen molar-refractivity contribution >= 4 is 44.6 Å². The average Bonchev–Trinajstić information content (AvgIpc) is 3.13. The Bertz CT molecular complexity index is 855. The number of nitrogens with zero attached hydrogens (tertiary/aromatic N) is 1. The number of hydrogen-bond acceptors (Lipinski definition) is 6. The summed E-state index contributed by atoms with van der Waals surface area (Å²) in [4.78, 5) is 28.3. The predicted octanol–water partition coefficient (Wildman–Crippen LogP) is 2.54. The number of thiophene rings is 2. The number of aliphatic carboxylic acids is 1. The van der Waals surface area contributed by atoms with E-state index in [0.717, 1.165) is 15.1 Å². The maximum atomic E-state index is 11.9. The maximum absolute atomic E-state index is 11.9. The number of carboxylic acid groups (broad SMARTS) is 1. The van der Waals surface area contributed by atoms with Gasteiger partial charge in [-0.1, -0.05) is 6.07 Å². The van der Waals surface area contributed by atoms with Gasteiger partial charge in [0.2, 0.25) is 0 Å². The van der Waals surface area contributed by atoms with E-state index < -0.39 is 18.4 Å². The summed E-state index contributed by atoms with van der Waals surface area (Å²) in [6, 6.07) is 5.81. The molecule has 1 amide bonds. The number of hydrogen-bond donors (Lipinski definition) is 3. The number of carbonyl (C=O) groups excluding carboxylic acids is 1. The lowest BCUT2D eigenvalue weighted by Gasteiger charge is -2.04. The zero-order valence-electron chi connectivity index (χ0n) is 11.1. The Hall–Kier alpha value is -2.45. The number of aromatic nitrogens is 1. The fourth-order valence-electron chi connectivity index (χ4n) is 1.93. The fraction of sp³-hybridized carbons (Fsp3) is 0.0714. The van der Waals surface area contributed by atoms with Crippen molar-refractivity contribution in [2.24, 2.45) is 0 Å². The molecule has 6 nitrogen and oxygen atoms in total. The van der Waals surface area contributed by atoms with E-state index >= 15 is 0 Å². The summed E-state index contributed by atoms with van der Waals surface area (Å²) >= 11 is 2.94. The lowest BCUT2D eigenvalue weighted by molar-refractivity contribution is -0.135. The van der Waals surface area contributed by atoms with Gasteiger partial charge in [0, 0.05) is 21.3 Å². The molecule has 3 N–H and O–H groups in total. The summed E-state index contributed by atoms with van der Waals surface area (Å²) in [7, 11) is 0. The zero-order chi connectivity index (χ0) is 15.7. The number of carbonyl (C=O) groups is 2. The largest absolute Gasteiger partial charge is 0.504 e. The van der Waals surface area contributed by atoms with Crippen LogP contribution in [0, 0.1) is 0 Å². The molecule has 0 fully saturated rings. The molecule has 0 aliphatic heterocycles. The van der Waals surface area contributed by atoms with Gasteiger partial charge in [-0.3, -0.25) is 9.59 Å². The second kappa shape index (κ2) is 5.74. The van der Waals surface area contributed by atoms with Crippen molar-refractivity contribution < 1.29 is 19.8 Å². The quantitative estimate of drug-likeness (QED) is 0.681. The van der Waals surface area contributed by atoms with Gasteiger partial charge in [-0.05, 0) is 17.5 Å². The molecule has 0 radical (unpaired) electrons. The van der Waals surface area contributed by atoms with Gasteiger partial charge in [0.25, 0.3) is 5.91 Å². The van der Waals surface area contributed by atoms with Crippen molar-refractivity contribution in [3.8, 4) is 15.5 Å². The van der Waals surface area contributed by atoms with Crippen LogP contribution in [-0.2, 0) is 4.79 Å². The number of pyridine rings is 1. The van der Waals surface area contributed by atoms with Crippen LogP contribution in [0.4, 0.5) is 0 Å². The van der Waals surface area contributed by atoms with Crippen molar-refractivity contribution in [1.82, 2.24) is 10.3 Å². The van der Waals surface area contributed by atoms with Crippen LogP contribution >= 0.6 is 22.7 Å². The minimum Gasteiger partial charge on any atom is -0.504 e. The summed E-state index contributed by atoms with van der Waals surface area (Å²) in [5, 5.41) is 23.7. The highest BCUT2D eigenvalue weighted by Crippen LogP contribution is 2.40. The first kappa shape index (κ1) is 14.5. The van der Waals surface area contributed by atoms with Crippen LogP contribution in [0.5, 0.6) is 5.75 Å². The first-order valence-electron chi connectivity index (χ1n) is 6.21. The molecular weight excluding hydrogens is 324 g/mol. The number of rotatable bonds is 4. The number of fused-ring (bicyclic) bond motifs is 1. The third kappa shape index (κ3) is 2.66. The molecule has 0 aliphatic carbocycles. The van der Waals surface area contributed by atoms with Crippen LogP contribution in [0.2, 0.25) is 0 Å². The molecule has 3 aromatic rings. The molecule has 0 unspecified atom stereocenters. The third-order valence-corrected chi connectivity index (χ3v) is 5.14. The Morgan fingerprint density at radius 3 is 2.82 bits per heavy atom. The molecule has 3 heterocycles. The lowest BCUT2D eigenvalue weighted by atomic mass is 10.2. The molecule has 22 heavy (non-hydrogen) atoms. The molecule has 0 atom stereocenters. The summed E-state index contributed by atoms with van der Waals surface area (Å²) < 4.78 is 0.555. The number of nitrogens with one attached hydrogen (secondary N) is 1. The van der Waals surface area contributed by atoms with Gasteiger partial charge in [0.15, 0.2) is 11.4 Å². The summed E-state index contributed by atoms with van der Waals surface area (Å²) in [5.74, 6) is -2.11. The molecule has 0 saturated carbocycles. The van der Waals surface area contributed by atoms with E-state index in [1.165, 1.54) is 17.5 Å². The van der Waals surface area contributed by atoms with Crippen LogP contribution in [0.3, 0.4) is 0 Å². The SMILES string of the molecule is O=C(O)CNC(=O)c1ncc2cc(-c3cccs3)sc2c1O. The van der Waals surface area contributed by atoms with E-state index in [1.807, 2.05) is 23.6 Å². The normalized spacial score (nSPS) is 10.7. The van der Waals surface area contributed by atoms with Crippen LogP contribution in [0.25, 0.3) is 19.8 Å². The highest BCUT2D eigenvalue weighted by molar-refractivity contribution is 7.26. The first-order valence-corrected chi connectivity index (χ1v) is 7.91. The van der Waals surface area contributed by atoms with Crippen LogP contribution in [-0.4, -0.2) is 33.6 Å². The Morgan fingerprint density at radius 2 is 2.14 bits per heavy atom. The van der Waals surface area contributed by atoms with Crippen molar-refractivity contribution in [3.63, 3.8) is 0 Å². The van der Waals surface area contributed by atoms with Gasteiger partial charge in [-0.2, -0.15) is 0 Å². The molecule has 112 valence electrons. The van der Waals surface area contributed by atoms with Gasteiger partial charge in [-0.25, -0.2) is 4.98 Å². The lowest BCUT2D eigenvalue weighted by Crippen LogP contribution is -2.29. The molecular formula is C14H10N2O4S2. The van der Waals surface area contributed by atoms with Crippen LogP contribution < -0.4 is 5.32 Å². The van der Waals surface area contributed by atoms with E-state index in [2.05, 4.69) is 10.3 Å². The number of amides is 1. The second-order valence-electron chi connectivity index (χ2n) is 4.40. The average molecular weight is 334 g/mol. The minimum atomic E-state index is -1.16. The smallest absolute Gasteiger partial charge is 0.322 e. The Balaban J connectivity index is 1.99. The van der Waals surface area contributed by atoms with Gasteiger partial charge in [0.05, 0.1) is 4.70 Å². The minimum absolute atomic E-state index is 0.173. The predicted molar refractivity (Wildman–Crippen MR) is 84.6 cm³/mol. The van der Waals surface area contributed by atoms with Gasteiger partial charge in [-0.15, -0.1) is 22.7 Å². The van der Waals surface area contributed by atoms with Crippen molar-refractivity contribution in [1.29, 1.82) is 0 Å². The van der Waals surface area contributed by atoms with E-state index in [9.17, 15) is 14.7 Å². The number of aromatic hydroxyl groups is 1. The molecule has 3 aromatic heterocycles. The highest BCUT2D eigenvalue weighted by atomic mass is 32.1. The van der Waals surface area contributed by atoms with Crippen LogP contribution in [0.15, 0.2) is 29.8 Å². The van der Waals surface area contributed by atoms with Gasteiger partial charge in [0.1, 0.15) is 6.54 Å². The molecule has 0 aromatic carbocycles. The molecule has 0 bridgehead atoms.